The van der Waals surface area contributed by atoms with Gasteiger partial charge in [0, 0.05) is 16.5 Å². The molecule has 2 rings (SSSR count). The van der Waals surface area contributed by atoms with Crippen LogP contribution in [-0.2, 0) is 9.53 Å². The van der Waals surface area contributed by atoms with Crippen molar-refractivity contribution < 1.29 is 19.1 Å². The summed E-state index contributed by atoms with van der Waals surface area (Å²) in [6, 6.07) is 15.9. The van der Waals surface area contributed by atoms with E-state index in [0.29, 0.717) is 11.3 Å². The summed E-state index contributed by atoms with van der Waals surface area (Å²) in [5, 5.41) is 8.45. The van der Waals surface area contributed by atoms with Gasteiger partial charge >= 0.3 is 5.97 Å². The SMILES string of the molecule is CSc1ccc(C(=O)COC(=O)/C=C/c2ccc(OCC#N)cc2)cc1. The first-order chi connectivity index (χ1) is 12.6. The molecule has 2 aromatic rings. The van der Waals surface area contributed by atoms with Crippen molar-refractivity contribution in [3.63, 3.8) is 0 Å². The third-order valence-electron chi connectivity index (χ3n) is 3.35. The Kier molecular flexibility index (Phi) is 7.47. The lowest BCUT2D eigenvalue weighted by Crippen LogP contribution is -2.12. The van der Waals surface area contributed by atoms with Crippen molar-refractivity contribution in [3.8, 4) is 11.8 Å². The van der Waals surface area contributed by atoms with Crippen molar-refractivity contribution in [1.29, 1.82) is 5.26 Å². The predicted molar refractivity (Wildman–Crippen MR) is 100 cm³/mol. The number of carbonyl (C=O) groups is 2. The van der Waals surface area contributed by atoms with Crippen LogP contribution in [-0.4, -0.2) is 31.2 Å². The van der Waals surface area contributed by atoms with Crippen LogP contribution in [0.4, 0.5) is 0 Å². The van der Waals surface area contributed by atoms with Crippen molar-refractivity contribution >= 4 is 29.6 Å². The molecule has 0 bridgehead atoms. The fraction of sp³-hybridized carbons (Fsp3) is 0.150. The van der Waals surface area contributed by atoms with Crippen LogP contribution in [0.25, 0.3) is 6.08 Å². The summed E-state index contributed by atoms with van der Waals surface area (Å²) in [6.07, 6.45) is 4.79. The highest BCUT2D eigenvalue weighted by atomic mass is 32.2. The molecule has 0 aliphatic heterocycles. The van der Waals surface area contributed by atoms with Gasteiger partial charge < -0.3 is 9.47 Å². The molecule has 0 amide bonds. The molecule has 26 heavy (non-hydrogen) atoms. The first-order valence-electron chi connectivity index (χ1n) is 7.74. The molecule has 0 aromatic heterocycles. The molecule has 0 saturated carbocycles. The van der Waals surface area contributed by atoms with Crippen LogP contribution >= 0.6 is 11.8 Å². The Labute approximate surface area is 156 Å². The van der Waals surface area contributed by atoms with Crippen LogP contribution in [0.3, 0.4) is 0 Å². The Morgan fingerprint density at radius 3 is 2.42 bits per heavy atom. The second kappa shape index (κ2) is 10.1. The maximum Gasteiger partial charge on any atom is 0.331 e. The summed E-state index contributed by atoms with van der Waals surface area (Å²) in [5.41, 5.74) is 1.28. The van der Waals surface area contributed by atoms with Gasteiger partial charge in [-0.2, -0.15) is 5.26 Å². The molecule has 0 saturated heterocycles. The number of thioether (sulfide) groups is 1. The van der Waals surface area contributed by atoms with Gasteiger partial charge in [-0.1, -0.05) is 24.3 Å². The van der Waals surface area contributed by atoms with Gasteiger partial charge in [0.05, 0.1) is 0 Å². The topological polar surface area (TPSA) is 76.4 Å². The lowest BCUT2D eigenvalue weighted by Gasteiger charge is -2.03. The van der Waals surface area contributed by atoms with Crippen LogP contribution in [0.1, 0.15) is 15.9 Å². The number of benzene rings is 2. The van der Waals surface area contributed by atoms with Crippen LogP contribution in [0, 0.1) is 11.3 Å². The third kappa shape index (κ3) is 6.11. The van der Waals surface area contributed by atoms with Crippen molar-refractivity contribution in [3.05, 3.63) is 65.7 Å². The molecule has 2 aromatic carbocycles. The summed E-state index contributed by atoms with van der Waals surface area (Å²) < 4.78 is 10.1. The van der Waals surface area contributed by atoms with Gasteiger partial charge in [0.25, 0.3) is 0 Å². The molecule has 6 heteroatoms. The minimum atomic E-state index is -0.594. The molecule has 5 nitrogen and oxygen atoms in total. The maximum absolute atomic E-state index is 12.0. The second-order valence-electron chi connectivity index (χ2n) is 5.11. The lowest BCUT2D eigenvalue weighted by molar-refractivity contribution is -0.136. The number of nitriles is 1. The van der Waals surface area contributed by atoms with Gasteiger partial charge in [0.1, 0.15) is 11.8 Å². The number of nitrogens with zero attached hydrogens (tertiary/aromatic N) is 1. The van der Waals surface area contributed by atoms with Gasteiger partial charge in [0.15, 0.2) is 19.0 Å². The van der Waals surface area contributed by atoms with Crippen molar-refractivity contribution in [2.24, 2.45) is 0 Å². The van der Waals surface area contributed by atoms with E-state index in [9.17, 15) is 9.59 Å². The number of hydrogen-bond acceptors (Lipinski definition) is 6. The van der Waals surface area contributed by atoms with E-state index in [1.807, 2.05) is 24.5 Å². The van der Waals surface area contributed by atoms with E-state index in [0.717, 1.165) is 10.5 Å². The second-order valence-corrected chi connectivity index (χ2v) is 5.99. The molecular weight excluding hydrogens is 350 g/mol. The first kappa shape index (κ1) is 19.3. The Balaban J connectivity index is 1.82. The lowest BCUT2D eigenvalue weighted by atomic mass is 10.1. The molecule has 0 unspecified atom stereocenters. The van der Waals surface area contributed by atoms with Crippen LogP contribution in [0.2, 0.25) is 0 Å². The van der Waals surface area contributed by atoms with E-state index in [1.165, 1.54) is 6.08 Å². The Bertz CT molecular complexity index is 820. The van der Waals surface area contributed by atoms with E-state index in [2.05, 4.69) is 0 Å². The fourth-order valence-electron chi connectivity index (χ4n) is 2.00. The summed E-state index contributed by atoms with van der Waals surface area (Å²) in [4.78, 5) is 24.8. The Morgan fingerprint density at radius 2 is 1.81 bits per heavy atom. The zero-order chi connectivity index (χ0) is 18.8. The average Bonchev–Trinajstić information content (AvgIpc) is 2.69. The van der Waals surface area contributed by atoms with E-state index in [4.69, 9.17) is 14.7 Å². The van der Waals surface area contributed by atoms with E-state index < -0.39 is 5.97 Å². The number of Topliss-reactive ketones (excluding diaryl/α,β-unsaturated/α-hetero) is 1. The number of carbonyl (C=O) groups excluding carboxylic acids is 2. The van der Waals surface area contributed by atoms with Gasteiger partial charge in [-0.15, -0.1) is 11.8 Å². The van der Waals surface area contributed by atoms with Crippen LogP contribution in [0.5, 0.6) is 5.75 Å². The van der Waals surface area contributed by atoms with Crippen molar-refractivity contribution in [2.45, 2.75) is 4.90 Å². The van der Waals surface area contributed by atoms with Crippen molar-refractivity contribution in [2.75, 3.05) is 19.5 Å². The van der Waals surface area contributed by atoms with Gasteiger partial charge in [-0.25, -0.2) is 4.79 Å². The molecule has 0 aliphatic rings. The maximum atomic E-state index is 12.0. The summed E-state index contributed by atoms with van der Waals surface area (Å²) in [7, 11) is 0. The predicted octanol–water partition coefficient (Wildman–Crippen LogP) is 3.75. The Morgan fingerprint density at radius 1 is 1.12 bits per heavy atom. The highest BCUT2D eigenvalue weighted by Crippen LogP contribution is 2.15. The monoisotopic (exact) mass is 367 g/mol. The number of ether oxygens (including phenoxy) is 2. The molecule has 0 atom stereocenters. The standard InChI is InChI=1S/C20H17NO4S/c1-26-18-9-5-16(6-10-18)19(22)14-25-20(23)11-4-15-2-7-17(8-3-15)24-13-12-21/h2-11H,13-14H2,1H3/b11-4+. The number of hydrogen-bond donors (Lipinski definition) is 0. The van der Waals surface area contributed by atoms with Gasteiger partial charge in [0.2, 0.25) is 0 Å². The van der Waals surface area contributed by atoms with Crippen LogP contribution < -0.4 is 4.74 Å². The molecule has 132 valence electrons. The number of rotatable bonds is 8. The average molecular weight is 367 g/mol. The molecule has 0 spiro atoms. The summed E-state index contributed by atoms with van der Waals surface area (Å²) in [6.45, 7) is -0.321. The van der Waals surface area contributed by atoms with E-state index >= 15 is 0 Å². The van der Waals surface area contributed by atoms with Crippen molar-refractivity contribution in [1.82, 2.24) is 0 Å². The van der Waals surface area contributed by atoms with E-state index in [1.54, 1.807) is 54.2 Å². The third-order valence-corrected chi connectivity index (χ3v) is 4.10. The summed E-state index contributed by atoms with van der Waals surface area (Å²) >= 11 is 1.59. The molecule has 0 radical (unpaired) electrons. The quantitative estimate of drug-likeness (QED) is 0.306. The molecule has 0 fully saturated rings. The zero-order valence-electron chi connectivity index (χ0n) is 14.2. The highest BCUT2D eigenvalue weighted by molar-refractivity contribution is 7.98. The summed E-state index contributed by atoms with van der Waals surface area (Å²) in [5.74, 6) is -0.272. The minimum absolute atomic E-state index is 0.0183. The first-order valence-corrected chi connectivity index (χ1v) is 8.97. The molecular formula is C20H17NO4S. The molecule has 0 heterocycles. The van der Waals surface area contributed by atoms with Gasteiger partial charge in [-0.3, -0.25) is 4.79 Å². The molecule has 0 N–H and O–H groups in total. The molecule has 0 aliphatic carbocycles. The minimum Gasteiger partial charge on any atom is -0.479 e. The van der Waals surface area contributed by atoms with Gasteiger partial charge in [-0.05, 0) is 42.2 Å². The number of ketones is 1. The smallest absolute Gasteiger partial charge is 0.331 e. The largest absolute Gasteiger partial charge is 0.479 e. The van der Waals surface area contributed by atoms with E-state index in [-0.39, 0.29) is 19.0 Å². The van der Waals surface area contributed by atoms with Crippen LogP contribution in [0.15, 0.2) is 59.5 Å². The zero-order valence-corrected chi connectivity index (χ0v) is 15.0. The fourth-order valence-corrected chi connectivity index (χ4v) is 2.41. The normalized spacial score (nSPS) is 10.3. The Hall–Kier alpha value is -3.04. The number of esters is 1. The highest BCUT2D eigenvalue weighted by Gasteiger charge is 2.08.